The van der Waals surface area contributed by atoms with Gasteiger partial charge in [-0.15, -0.1) is 0 Å². The van der Waals surface area contributed by atoms with Crippen molar-refractivity contribution in [2.45, 2.75) is 20.3 Å². The monoisotopic (exact) mass is 448 g/mol. The van der Waals surface area contributed by atoms with Crippen LogP contribution in [0.25, 0.3) is 11.1 Å². The third-order valence-electron chi connectivity index (χ3n) is 6.46. The Labute approximate surface area is 193 Å². The minimum Gasteiger partial charge on any atom is -0.341 e. The van der Waals surface area contributed by atoms with Crippen LogP contribution in [0, 0.1) is 18.7 Å². The number of rotatable bonds is 5. The maximum Gasteiger partial charge on any atom is 0.257 e. The number of aromatic nitrogens is 2. The van der Waals surface area contributed by atoms with Gasteiger partial charge in [0.15, 0.2) is 0 Å². The molecule has 172 valence electrons. The summed E-state index contributed by atoms with van der Waals surface area (Å²) in [6.45, 7) is 5.83. The van der Waals surface area contributed by atoms with E-state index in [-0.39, 0.29) is 23.5 Å². The molecule has 0 saturated carbocycles. The first kappa shape index (κ1) is 22.7. The lowest BCUT2D eigenvalue weighted by Crippen LogP contribution is -2.38. The molecule has 1 aliphatic rings. The smallest absolute Gasteiger partial charge is 0.257 e. The van der Waals surface area contributed by atoms with Gasteiger partial charge in [-0.1, -0.05) is 36.4 Å². The van der Waals surface area contributed by atoms with E-state index in [1.165, 1.54) is 12.1 Å². The highest BCUT2D eigenvalue weighted by Gasteiger charge is 2.33. The second-order valence-electron chi connectivity index (χ2n) is 8.54. The zero-order chi connectivity index (χ0) is 23.5. The van der Waals surface area contributed by atoms with Gasteiger partial charge >= 0.3 is 0 Å². The maximum absolute atomic E-state index is 13.3. The normalized spacial score (nSPS) is 16.7. The fourth-order valence-electron chi connectivity index (χ4n) is 4.38. The number of likely N-dealkylation sites (N-methyl/N-ethyl adjacent to an activating group) is 1. The van der Waals surface area contributed by atoms with E-state index in [0.29, 0.717) is 38.2 Å². The molecule has 0 unspecified atom stereocenters. The molecule has 1 fully saturated rings. The van der Waals surface area contributed by atoms with Crippen molar-refractivity contribution < 1.29 is 14.0 Å². The van der Waals surface area contributed by atoms with E-state index >= 15 is 0 Å². The van der Waals surface area contributed by atoms with Gasteiger partial charge in [0.2, 0.25) is 5.91 Å². The van der Waals surface area contributed by atoms with Crippen LogP contribution >= 0.6 is 0 Å². The summed E-state index contributed by atoms with van der Waals surface area (Å²) in [5.74, 6) is -0.622. The molecule has 0 aliphatic carbocycles. The number of halogens is 1. The van der Waals surface area contributed by atoms with E-state index < -0.39 is 0 Å². The number of aryl methyl sites for hydroxylation is 1. The second-order valence-corrected chi connectivity index (χ2v) is 8.54. The fraction of sp³-hybridized carbons (Fsp3) is 0.346. The van der Waals surface area contributed by atoms with Crippen LogP contribution in [0.2, 0.25) is 0 Å². The molecule has 33 heavy (non-hydrogen) atoms. The summed E-state index contributed by atoms with van der Waals surface area (Å²) in [4.78, 5) is 30.2. The number of benzene rings is 2. The van der Waals surface area contributed by atoms with E-state index in [1.54, 1.807) is 27.9 Å². The predicted octanol–water partition coefficient (Wildman–Crippen LogP) is 3.70. The lowest BCUT2D eigenvalue weighted by atomic mass is 9.94. The number of hydrogen-bond acceptors (Lipinski definition) is 3. The van der Waals surface area contributed by atoms with Crippen LogP contribution < -0.4 is 0 Å². The van der Waals surface area contributed by atoms with Crippen LogP contribution in [0.15, 0.2) is 54.7 Å². The quantitative estimate of drug-likeness (QED) is 0.598. The van der Waals surface area contributed by atoms with Crippen LogP contribution in [0.4, 0.5) is 4.39 Å². The topological polar surface area (TPSA) is 58.4 Å². The van der Waals surface area contributed by atoms with Crippen LogP contribution in [-0.4, -0.2) is 57.6 Å². The summed E-state index contributed by atoms with van der Waals surface area (Å²) < 4.78 is 15.0. The van der Waals surface area contributed by atoms with Crippen molar-refractivity contribution in [1.82, 2.24) is 19.6 Å². The highest BCUT2D eigenvalue weighted by molar-refractivity contribution is 5.95. The summed E-state index contributed by atoms with van der Waals surface area (Å²) in [7, 11) is 1.81. The Hall–Kier alpha value is -3.48. The van der Waals surface area contributed by atoms with E-state index in [9.17, 15) is 14.0 Å². The van der Waals surface area contributed by atoms with Crippen molar-refractivity contribution in [3.05, 3.63) is 77.4 Å². The minimum atomic E-state index is -0.336. The third kappa shape index (κ3) is 4.82. The SMILES string of the molecule is CCN1CCN(C(=O)c2cnn(C)c2C)C[C@H](Cc2cccc(-c3ccc(F)cc3)c2)C1=O. The first-order valence-electron chi connectivity index (χ1n) is 11.3. The van der Waals surface area contributed by atoms with Gasteiger partial charge in [0.25, 0.3) is 5.91 Å². The van der Waals surface area contributed by atoms with Crippen molar-refractivity contribution in [2.24, 2.45) is 13.0 Å². The third-order valence-corrected chi connectivity index (χ3v) is 6.46. The van der Waals surface area contributed by atoms with Crippen molar-refractivity contribution >= 4 is 11.8 Å². The van der Waals surface area contributed by atoms with Crippen molar-refractivity contribution in [2.75, 3.05) is 26.2 Å². The Balaban J connectivity index is 1.58. The molecule has 1 saturated heterocycles. The Morgan fingerprint density at radius 1 is 1.12 bits per heavy atom. The molecule has 1 aromatic heterocycles. The van der Waals surface area contributed by atoms with Crippen LogP contribution in [0.1, 0.15) is 28.5 Å². The molecule has 6 nitrogen and oxygen atoms in total. The molecule has 3 aromatic rings. The Bertz CT molecular complexity index is 1160. The van der Waals surface area contributed by atoms with Gasteiger partial charge in [0, 0.05) is 38.9 Å². The van der Waals surface area contributed by atoms with Gasteiger partial charge < -0.3 is 9.80 Å². The summed E-state index contributed by atoms with van der Waals surface area (Å²) in [5.41, 5.74) is 4.29. The largest absolute Gasteiger partial charge is 0.341 e. The minimum absolute atomic E-state index is 0.0721. The zero-order valence-corrected chi connectivity index (χ0v) is 19.3. The van der Waals surface area contributed by atoms with Gasteiger partial charge in [-0.05, 0) is 49.1 Å². The van der Waals surface area contributed by atoms with Gasteiger partial charge in [-0.25, -0.2) is 4.39 Å². The highest BCUT2D eigenvalue weighted by atomic mass is 19.1. The van der Waals surface area contributed by atoms with E-state index in [4.69, 9.17) is 0 Å². The number of carbonyl (C=O) groups is 2. The van der Waals surface area contributed by atoms with E-state index in [1.807, 2.05) is 50.1 Å². The van der Waals surface area contributed by atoms with Crippen LogP contribution in [0.5, 0.6) is 0 Å². The number of carbonyl (C=O) groups excluding carboxylic acids is 2. The Morgan fingerprint density at radius 2 is 1.88 bits per heavy atom. The molecular formula is C26H29FN4O2. The number of hydrogen-bond donors (Lipinski definition) is 0. The molecule has 7 heteroatoms. The second kappa shape index (κ2) is 9.57. The van der Waals surface area contributed by atoms with Crippen molar-refractivity contribution in [3.63, 3.8) is 0 Å². The lowest BCUT2D eigenvalue weighted by Gasteiger charge is -2.23. The molecule has 4 rings (SSSR count). The molecular weight excluding hydrogens is 419 g/mol. The molecule has 1 aliphatic heterocycles. The molecule has 1 atom stereocenters. The summed E-state index contributed by atoms with van der Waals surface area (Å²) >= 11 is 0. The fourth-order valence-corrected chi connectivity index (χ4v) is 4.38. The van der Waals surface area contributed by atoms with E-state index in [2.05, 4.69) is 5.10 Å². The predicted molar refractivity (Wildman–Crippen MR) is 125 cm³/mol. The van der Waals surface area contributed by atoms with Crippen molar-refractivity contribution in [1.29, 1.82) is 0 Å². The Kier molecular flexibility index (Phi) is 6.58. The van der Waals surface area contributed by atoms with Gasteiger partial charge in [0.05, 0.1) is 17.7 Å². The van der Waals surface area contributed by atoms with Crippen molar-refractivity contribution in [3.8, 4) is 11.1 Å². The Morgan fingerprint density at radius 3 is 2.55 bits per heavy atom. The van der Waals surface area contributed by atoms with Gasteiger partial charge in [-0.2, -0.15) is 5.10 Å². The summed E-state index contributed by atoms with van der Waals surface area (Å²) in [5, 5.41) is 4.20. The molecule has 0 spiro atoms. The maximum atomic E-state index is 13.3. The number of amides is 2. The van der Waals surface area contributed by atoms with Gasteiger partial charge in [0.1, 0.15) is 5.82 Å². The van der Waals surface area contributed by atoms with E-state index in [0.717, 1.165) is 22.4 Å². The molecule has 2 aromatic carbocycles. The first-order chi connectivity index (χ1) is 15.9. The first-order valence-corrected chi connectivity index (χ1v) is 11.3. The average molecular weight is 449 g/mol. The standard InChI is InChI=1S/C26H29FN4O2/c1-4-30-12-13-31(26(33)24-16-28-29(3)18(24)2)17-22(25(30)32)15-19-6-5-7-21(14-19)20-8-10-23(27)11-9-20/h5-11,14,16,22H,4,12-13,15,17H2,1-3H3/t22-/m0/s1. The summed E-state index contributed by atoms with van der Waals surface area (Å²) in [6, 6.07) is 14.4. The molecule has 0 N–H and O–H groups in total. The zero-order valence-electron chi connectivity index (χ0n) is 19.3. The van der Waals surface area contributed by atoms with Crippen LogP contribution in [-0.2, 0) is 18.3 Å². The molecule has 2 amide bonds. The van der Waals surface area contributed by atoms with Crippen LogP contribution in [0.3, 0.4) is 0 Å². The molecule has 2 heterocycles. The highest BCUT2D eigenvalue weighted by Crippen LogP contribution is 2.24. The summed E-state index contributed by atoms with van der Waals surface area (Å²) in [6.07, 6.45) is 2.13. The average Bonchev–Trinajstić information content (AvgIpc) is 3.06. The molecule has 0 bridgehead atoms. The lowest BCUT2D eigenvalue weighted by molar-refractivity contribution is -0.134. The number of nitrogens with zero attached hydrogens (tertiary/aromatic N) is 4. The van der Waals surface area contributed by atoms with Gasteiger partial charge in [-0.3, -0.25) is 14.3 Å². The molecule has 0 radical (unpaired) electrons.